The Bertz CT molecular complexity index is 1070. The first-order valence-electron chi connectivity index (χ1n) is 10.7. The van der Waals surface area contributed by atoms with E-state index >= 15 is 4.39 Å². The lowest BCUT2D eigenvalue weighted by Crippen LogP contribution is -2.48. The molecule has 1 aliphatic rings. The highest BCUT2D eigenvalue weighted by molar-refractivity contribution is 6.09. The Kier molecular flexibility index (Phi) is 6.22. The number of aryl methyl sites for hydroxylation is 2. The summed E-state index contributed by atoms with van der Waals surface area (Å²) in [7, 11) is 0. The third-order valence-electron chi connectivity index (χ3n) is 5.96. The number of benzene rings is 2. The third kappa shape index (κ3) is 4.64. The molecule has 0 bridgehead atoms. The number of hydrogen-bond acceptors (Lipinski definition) is 3. The molecule has 1 N–H and O–H groups in total. The summed E-state index contributed by atoms with van der Waals surface area (Å²) in [6.07, 6.45) is 2.29. The molecule has 1 unspecified atom stereocenters. The SMILES string of the molecule is CCN1c2cc(F)c(/C=C(\C#N)C(=O)Nc3cc(C)cc(C)c3)cc2C(C)CC1(C)C. The zero-order valence-electron chi connectivity index (χ0n) is 19.1. The third-order valence-corrected chi connectivity index (χ3v) is 5.96. The Labute approximate surface area is 184 Å². The van der Waals surface area contributed by atoms with Gasteiger partial charge >= 0.3 is 0 Å². The number of fused-ring (bicyclic) bond motifs is 1. The highest BCUT2D eigenvalue weighted by Crippen LogP contribution is 2.44. The number of anilines is 2. The number of amides is 1. The second kappa shape index (κ2) is 8.55. The quantitative estimate of drug-likeness (QED) is 0.481. The maximum atomic E-state index is 15.0. The van der Waals surface area contributed by atoms with Gasteiger partial charge in [0.15, 0.2) is 0 Å². The Balaban J connectivity index is 1.97. The number of carbonyl (C=O) groups excluding carboxylic acids is 1. The van der Waals surface area contributed by atoms with E-state index in [1.165, 1.54) is 6.08 Å². The van der Waals surface area contributed by atoms with Crippen LogP contribution in [0, 0.1) is 31.0 Å². The summed E-state index contributed by atoms with van der Waals surface area (Å²) in [6.45, 7) is 13.2. The van der Waals surface area contributed by atoms with Crippen LogP contribution in [0.5, 0.6) is 0 Å². The Morgan fingerprint density at radius 2 is 1.90 bits per heavy atom. The van der Waals surface area contributed by atoms with E-state index in [2.05, 4.69) is 37.9 Å². The zero-order valence-corrected chi connectivity index (χ0v) is 19.1. The maximum Gasteiger partial charge on any atom is 0.266 e. The van der Waals surface area contributed by atoms with Crippen molar-refractivity contribution in [3.05, 3.63) is 64.0 Å². The van der Waals surface area contributed by atoms with Crippen molar-refractivity contribution in [2.24, 2.45) is 0 Å². The Hall–Kier alpha value is -3.13. The molecule has 0 fully saturated rings. The van der Waals surface area contributed by atoms with Crippen LogP contribution in [0.15, 0.2) is 35.9 Å². The minimum atomic E-state index is -0.547. The van der Waals surface area contributed by atoms with E-state index in [0.29, 0.717) is 5.69 Å². The van der Waals surface area contributed by atoms with Gasteiger partial charge in [-0.05, 0) is 94.0 Å². The fourth-order valence-electron chi connectivity index (χ4n) is 4.78. The van der Waals surface area contributed by atoms with Gasteiger partial charge in [0.05, 0.1) is 0 Å². The number of hydrogen-bond donors (Lipinski definition) is 1. The van der Waals surface area contributed by atoms with Crippen molar-refractivity contribution < 1.29 is 9.18 Å². The van der Waals surface area contributed by atoms with Crippen LogP contribution in [-0.2, 0) is 4.79 Å². The van der Waals surface area contributed by atoms with E-state index in [0.717, 1.165) is 35.3 Å². The molecule has 5 heteroatoms. The summed E-state index contributed by atoms with van der Waals surface area (Å²) in [5.41, 5.74) is 4.63. The average Bonchev–Trinajstić information content (AvgIpc) is 2.65. The van der Waals surface area contributed by atoms with Crippen molar-refractivity contribution in [2.75, 3.05) is 16.8 Å². The summed E-state index contributed by atoms with van der Waals surface area (Å²) in [5.74, 6) is -0.738. The molecule has 3 rings (SSSR count). The molecule has 1 heterocycles. The maximum absolute atomic E-state index is 15.0. The van der Waals surface area contributed by atoms with E-state index < -0.39 is 11.7 Å². The summed E-state index contributed by atoms with van der Waals surface area (Å²) in [5, 5.41) is 12.3. The number of nitriles is 1. The molecule has 0 saturated carbocycles. The van der Waals surface area contributed by atoms with Gasteiger partial charge in [-0.2, -0.15) is 5.26 Å². The topological polar surface area (TPSA) is 56.1 Å². The van der Waals surface area contributed by atoms with Crippen LogP contribution in [0.25, 0.3) is 6.08 Å². The van der Waals surface area contributed by atoms with Gasteiger partial charge in [0.1, 0.15) is 17.5 Å². The normalized spacial score (nSPS) is 17.7. The van der Waals surface area contributed by atoms with Gasteiger partial charge in [0.25, 0.3) is 5.91 Å². The predicted octanol–water partition coefficient (Wildman–Crippen LogP) is 6.10. The van der Waals surface area contributed by atoms with Crippen molar-refractivity contribution in [3.63, 3.8) is 0 Å². The minimum Gasteiger partial charge on any atom is -0.366 e. The number of carbonyl (C=O) groups is 1. The molecule has 4 nitrogen and oxygen atoms in total. The number of nitrogens with zero attached hydrogens (tertiary/aromatic N) is 2. The smallest absolute Gasteiger partial charge is 0.266 e. The summed E-state index contributed by atoms with van der Waals surface area (Å²) < 4.78 is 15.0. The highest BCUT2D eigenvalue weighted by atomic mass is 19.1. The van der Waals surface area contributed by atoms with E-state index in [1.807, 2.05) is 38.1 Å². The standard InChI is InChI=1S/C26H30FN3O/c1-7-30-24-13-23(27)19(12-22(24)18(4)14-26(30,5)6)11-20(15-28)25(31)29-21-9-16(2)8-17(3)10-21/h8-13,18H,7,14H2,1-6H3,(H,29,31)/b20-11+. The lowest BCUT2D eigenvalue weighted by atomic mass is 9.79. The van der Waals surface area contributed by atoms with Gasteiger partial charge < -0.3 is 10.2 Å². The fourth-order valence-corrected chi connectivity index (χ4v) is 4.78. The van der Waals surface area contributed by atoms with Crippen LogP contribution in [-0.4, -0.2) is 18.0 Å². The molecular weight excluding hydrogens is 389 g/mol. The second-order valence-corrected chi connectivity index (χ2v) is 9.09. The molecular formula is C26H30FN3O. The summed E-state index contributed by atoms with van der Waals surface area (Å²) >= 11 is 0. The van der Waals surface area contributed by atoms with E-state index in [-0.39, 0.29) is 22.6 Å². The number of nitrogens with one attached hydrogen (secondary N) is 1. The first-order valence-corrected chi connectivity index (χ1v) is 10.7. The van der Waals surface area contributed by atoms with Crippen molar-refractivity contribution >= 4 is 23.4 Å². The molecule has 0 radical (unpaired) electrons. The fraction of sp³-hybridized carbons (Fsp3) is 0.385. The van der Waals surface area contributed by atoms with E-state index in [4.69, 9.17) is 0 Å². The second-order valence-electron chi connectivity index (χ2n) is 9.09. The average molecular weight is 420 g/mol. The van der Waals surface area contributed by atoms with Gasteiger partial charge in [-0.1, -0.05) is 13.0 Å². The van der Waals surface area contributed by atoms with Gasteiger partial charge in [-0.3, -0.25) is 4.79 Å². The molecule has 0 aliphatic carbocycles. The van der Waals surface area contributed by atoms with Crippen molar-refractivity contribution in [1.29, 1.82) is 5.26 Å². The lowest BCUT2D eigenvalue weighted by molar-refractivity contribution is -0.112. The van der Waals surface area contributed by atoms with Crippen LogP contribution in [0.1, 0.15) is 62.3 Å². The first kappa shape index (κ1) is 22.6. The summed E-state index contributed by atoms with van der Waals surface area (Å²) in [6, 6.07) is 10.9. The van der Waals surface area contributed by atoms with Gasteiger partial charge in [0.2, 0.25) is 0 Å². The van der Waals surface area contributed by atoms with Crippen LogP contribution < -0.4 is 10.2 Å². The molecule has 0 aromatic heterocycles. The van der Waals surface area contributed by atoms with Crippen LogP contribution >= 0.6 is 0 Å². The monoisotopic (exact) mass is 419 g/mol. The molecule has 1 aliphatic heterocycles. The van der Waals surface area contributed by atoms with Crippen molar-refractivity contribution in [1.82, 2.24) is 0 Å². The predicted molar refractivity (Wildman–Crippen MR) is 125 cm³/mol. The number of rotatable bonds is 4. The Morgan fingerprint density at radius 3 is 2.48 bits per heavy atom. The summed E-state index contributed by atoms with van der Waals surface area (Å²) in [4.78, 5) is 14.9. The van der Waals surface area contributed by atoms with Crippen molar-refractivity contribution in [2.45, 2.75) is 59.4 Å². The van der Waals surface area contributed by atoms with E-state index in [9.17, 15) is 10.1 Å². The largest absolute Gasteiger partial charge is 0.366 e. The van der Waals surface area contributed by atoms with Gasteiger partial charge in [-0.25, -0.2) is 4.39 Å². The molecule has 1 atom stereocenters. The minimum absolute atomic E-state index is 0.0609. The van der Waals surface area contributed by atoms with Crippen molar-refractivity contribution in [3.8, 4) is 6.07 Å². The zero-order chi connectivity index (χ0) is 22.9. The van der Waals surface area contributed by atoms with Crippen LogP contribution in [0.3, 0.4) is 0 Å². The number of halogens is 1. The van der Waals surface area contributed by atoms with Crippen LogP contribution in [0.2, 0.25) is 0 Å². The molecule has 2 aromatic carbocycles. The van der Waals surface area contributed by atoms with Gasteiger partial charge in [0, 0.05) is 29.0 Å². The lowest BCUT2D eigenvalue weighted by Gasteiger charge is -2.47. The Morgan fingerprint density at radius 1 is 1.26 bits per heavy atom. The van der Waals surface area contributed by atoms with E-state index in [1.54, 1.807) is 12.1 Å². The highest BCUT2D eigenvalue weighted by Gasteiger charge is 2.36. The van der Waals surface area contributed by atoms with Gasteiger partial charge in [-0.15, -0.1) is 0 Å². The molecule has 162 valence electrons. The molecule has 2 aromatic rings. The molecule has 31 heavy (non-hydrogen) atoms. The molecule has 0 spiro atoms. The molecule has 1 amide bonds. The molecule has 0 saturated heterocycles. The first-order chi connectivity index (χ1) is 14.6. The van der Waals surface area contributed by atoms with Crippen LogP contribution in [0.4, 0.5) is 15.8 Å².